The SMILES string of the molecule is CCc1ccc(C(C)(C)CNC(=O)CCc2ccccc2N)cc1.Cl. The average molecular weight is 361 g/mol. The number of hydrogen-bond acceptors (Lipinski definition) is 2. The van der Waals surface area contributed by atoms with Crippen molar-refractivity contribution in [3.63, 3.8) is 0 Å². The highest BCUT2D eigenvalue weighted by Gasteiger charge is 2.21. The highest BCUT2D eigenvalue weighted by atomic mass is 35.5. The summed E-state index contributed by atoms with van der Waals surface area (Å²) in [6.45, 7) is 7.09. The Balaban J connectivity index is 0.00000312. The van der Waals surface area contributed by atoms with E-state index in [2.05, 4.69) is 50.4 Å². The minimum atomic E-state index is -0.0896. The van der Waals surface area contributed by atoms with Crippen molar-refractivity contribution in [2.75, 3.05) is 12.3 Å². The van der Waals surface area contributed by atoms with Crippen LogP contribution in [-0.2, 0) is 23.1 Å². The molecule has 0 atom stereocenters. The molecule has 0 heterocycles. The Labute approximate surface area is 157 Å². The summed E-state index contributed by atoms with van der Waals surface area (Å²) < 4.78 is 0. The standard InChI is InChI=1S/C21H28N2O.ClH/c1-4-16-9-12-18(13-10-16)21(2,3)15-23-20(24)14-11-17-7-5-6-8-19(17)22;/h5-10,12-13H,4,11,14-15,22H2,1-3H3,(H,23,24);1H. The molecule has 0 saturated heterocycles. The summed E-state index contributed by atoms with van der Waals surface area (Å²) in [6.07, 6.45) is 2.17. The second-order valence-corrected chi connectivity index (χ2v) is 6.91. The van der Waals surface area contributed by atoms with E-state index in [0.717, 1.165) is 17.7 Å². The minimum absolute atomic E-state index is 0. The Hall–Kier alpha value is -2.00. The normalized spacial score (nSPS) is 10.8. The van der Waals surface area contributed by atoms with Crippen molar-refractivity contribution >= 4 is 24.0 Å². The van der Waals surface area contributed by atoms with Crippen LogP contribution >= 0.6 is 12.4 Å². The third-order valence-electron chi connectivity index (χ3n) is 4.55. The molecule has 136 valence electrons. The van der Waals surface area contributed by atoms with Gasteiger partial charge >= 0.3 is 0 Å². The number of benzene rings is 2. The lowest BCUT2D eigenvalue weighted by Gasteiger charge is -2.26. The number of rotatable bonds is 7. The molecule has 2 aromatic carbocycles. The van der Waals surface area contributed by atoms with Gasteiger partial charge in [0.1, 0.15) is 0 Å². The first kappa shape index (κ1) is 21.0. The van der Waals surface area contributed by atoms with E-state index < -0.39 is 0 Å². The van der Waals surface area contributed by atoms with Gasteiger partial charge in [-0.25, -0.2) is 0 Å². The summed E-state index contributed by atoms with van der Waals surface area (Å²) in [4.78, 5) is 12.2. The molecule has 25 heavy (non-hydrogen) atoms. The van der Waals surface area contributed by atoms with E-state index in [4.69, 9.17) is 5.73 Å². The summed E-state index contributed by atoms with van der Waals surface area (Å²) in [5.74, 6) is 0.0662. The quantitative estimate of drug-likeness (QED) is 0.724. The molecule has 0 aliphatic rings. The van der Waals surface area contributed by atoms with Crippen LogP contribution in [0.1, 0.15) is 43.9 Å². The highest BCUT2D eigenvalue weighted by molar-refractivity contribution is 5.85. The molecule has 2 aromatic rings. The first-order valence-electron chi connectivity index (χ1n) is 8.62. The lowest BCUT2D eigenvalue weighted by molar-refractivity contribution is -0.121. The van der Waals surface area contributed by atoms with Crippen molar-refractivity contribution in [1.29, 1.82) is 0 Å². The average Bonchev–Trinajstić information content (AvgIpc) is 2.59. The van der Waals surface area contributed by atoms with Crippen LogP contribution in [0.4, 0.5) is 5.69 Å². The van der Waals surface area contributed by atoms with Crippen LogP contribution in [0.5, 0.6) is 0 Å². The van der Waals surface area contributed by atoms with Gasteiger partial charge in [-0.15, -0.1) is 12.4 Å². The number of nitrogens with two attached hydrogens (primary N) is 1. The zero-order valence-corrected chi connectivity index (χ0v) is 16.2. The second kappa shape index (κ2) is 9.47. The zero-order valence-electron chi connectivity index (χ0n) is 15.3. The van der Waals surface area contributed by atoms with Crippen molar-refractivity contribution in [2.45, 2.75) is 45.4 Å². The van der Waals surface area contributed by atoms with E-state index in [1.165, 1.54) is 11.1 Å². The smallest absolute Gasteiger partial charge is 0.220 e. The molecule has 0 fully saturated rings. The molecule has 3 nitrogen and oxygen atoms in total. The predicted molar refractivity (Wildman–Crippen MR) is 108 cm³/mol. The van der Waals surface area contributed by atoms with Crippen molar-refractivity contribution in [3.8, 4) is 0 Å². The summed E-state index contributed by atoms with van der Waals surface area (Å²) >= 11 is 0. The van der Waals surface area contributed by atoms with E-state index >= 15 is 0 Å². The fraction of sp³-hybridized carbons (Fsp3) is 0.381. The molecule has 0 aromatic heterocycles. The van der Waals surface area contributed by atoms with Crippen LogP contribution in [0.25, 0.3) is 0 Å². The number of hydrogen-bond donors (Lipinski definition) is 2. The third kappa shape index (κ3) is 6.09. The number of para-hydroxylation sites is 1. The van der Waals surface area contributed by atoms with Crippen LogP contribution in [0.3, 0.4) is 0 Å². The van der Waals surface area contributed by atoms with E-state index in [9.17, 15) is 4.79 Å². The Morgan fingerprint density at radius 3 is 2.32 bits per heavy atom. The number of anilines is 1. The lowest BCUT2D eigenvalue weighted by atomic mass is 9.84. The third-order valence-corrected chi connectivity index (χ3v) is 4.55. The zero-order chi connectivity index (χ0) is 17.6. The minimum Gasteiger partial charge on any atom is -0.399 e. The first-order valence-corrected chi connectivity index (χ1v) is 8.62. The van der Waals surface area contributed by atoms with Crippen LogP contribution in [0.2, 0.25) is 0 Å². The monoisotopic (exact) mass is 360 g/mol. The summed E-state index contributed by atoms with van der Waals surface area (Å²) in [5, 5.41) is 3.06. The maximum absolute atomic E-state index is 12.2. The molecule has 1 amide bonds. The van der Waals surface area contributed by atoms with Crippen LogP contribution in [0, 0.1) is 0 Å². The lowest BCUT2D eigenvalue weighted by Crippen LogP contribution is -2.36. The van der Waals surface area contributed by atoms with Gasteiger partial charge in [0, 0.05) is 24.1 Å². The Morgan fingerprint density at radius 1 is 1.08 bits per heavy atom. The van der Waals surface area contributed by atoms with Gasteiger partial charge in [0.2, 0.25) is 5.91 Å². The summed E-state index contributed by atoms with van der Waals surface area (Å²) in [5.41, 5.74) is 10.2. The number of carbonyl (C=O) groups is 1. The van der Waals surface area contributed by atoms with Crippen LogP contribution in [0.15, 0.2) is 48.5 Å². The maximum Gasteiger partial charge on any atom is 0.220 e. The molecular weight excluding hydrogens is 332 g/mol. The number of amides is 1. The molecule has 0 aliphatic heterocycles. The van der Waals surface area contributed by atoms with Gasteiger partial charge in [0.15, 0.2) is 0 Å². The predicted octanol–water partition coefficient (Wildman–Crippen LogP) is 4.28. The van der Waals surface area contributed by atoms with E-state index in [0.29, 0.717) is 19.4 Å². The van der Waals surface area contributed by atoms with Gasteiger partial charge < -0.3 is 11.1 Å². The van der Waals surface area contributed by atoms with Gasteiger partial charge in [-0.2, -0.15) is 0 Å². The van der Waals surface area contributed by atoms with Gasteiger partial charge in [0.05, 0.1) is 0 Å². The molecule has 2 rings (SSSR count). The number of carbonyl (C=O) groups excluding carboxylic acids is 1. The van der Waals surface area contributed by atoms with Gasteiger partial charge in [0.25, 0.3) is 0 Å². The highest BCUT2D eigenvalue weighted by Crippen LogP contribution is 2.23. The molecule has 0 aliphatic carbocycles. The number of aryl methyl sites for hydroxylation is 2. The molecule has 0 radical (unpaired) electrons. The Morgan fingerprint density at radius 2 is 1.72 bits per heavy atom. The van der Waals surface area contributed by atoms with Crippen molar-refractivity contribution < 1.29 is 4.79 Å². The Bertz CT molecular complexity index is 681. The van der Waals surface area contributed by atoms with E-state index in [-0.39, 0.29) is 23.7 Å². The van der Waals surface area contributed by atoms with Crippen LogP contribution < -0.4 is 11.1 Å². The molecule has 0 unspecified atom stereocenters. The number of nitrogens with one attached hydrogen (secondary N) is 1. The van der Waals surface area contributed by atoms with Gasteiger partial charge in [-0.3, -0.25) is 4.79 Å². The first-order chi connectivity index (χ1) is 11.4. The van der Waals surface area contributed by atoms with E-state index in [1.807, 2.05) is 24.3 Å². The van der Waals surface area contributed by atoms with Crippen molar-refractivity contribution in [1.82, 2.24) is 5.32 Å². The fourth-order valence-corrected chi connectivity index (χ4v) is 2.71. The Kier molecular flexibility index (Phi) is 7.98. The molecule has 0 spiro atoms. The molecule has 4 heteroatoms. The van der Waals surface area contributed by atoms with E-state index in [1.54, 1.807) is 0 Å². The maximum atomic E-state index is 12.2. The fourth-order valence-electron chi connectivity index (χ4n) is 2.71. The summed E-state index contributed by atoms with van der Waals surface area (Å²) in [7, 11) is 0. The van der Waals surface area contributed by atoms with Crippen LogP contribution in [-0.4, -0.2) is 12.5 Å². The van der Waals surface area contributed by atoms with Crippen molar-refractivity contribution in [2.24, 2.45) is 0 Å². The molecule has 3 N–H and O–H groups in total. The van der Waals surface area contributed by atoms with Crippen molar-refractivity contribution in [3.05, 3.63) is 65.2 Å². The second-order valence-electron chi connectivity index (χ2n) is 6.91. The molecular formula is C21H29ClN2O. The largest absolute Gasteiger partial charge is 0.399 e. The number of nitrogen functional groups attached to an aromatic ring is 1. The number of halogens is 1. The summed E-state index contributed by atoms with van der Waals surface area (Å²) in [6, 6.07) is 16.4. The molecule has 0 bridgehead atoms. The molecule has 0 saturated carbocycles. The van der Waals surface area contributed by atoms with Gasteiger partial charge in [-0.1, -0.05) is 63.2 Å². The topological polar surface area (TPSA) is 55.1 Å². The van der Waals surface area contributed by atoms with Gasteiger partial charge in [-0.05, 0) is 35.6 Å².